The summed E-state index contributed by atoms with van der Waals surface area (Å²) in [5.74, 6) is -0.981. The van der Waals surface area contributed by atoms with Gasteiger partial charge in [0.2, 0.25) is 0 Å². The molecule has 0 radical (unpaired) electrons. The lowest BCUT2D eigenvalue weighted by Crippen LogP contribution is -2.01. The maximum Gasteiger partial charge on any atom is 0.354 e. The summed E-state index contributed by atoms with van der Waals surface area (Å²) >= 11 is 3.46. The molecule has 0 saturated heterocycles. The van der Waals surface area contributed by atoms with E-state index in [1.165, 1.54) is 6.07 Å². The predicted molar refractivity (Wildman–Crippen MR) is 57.9 cm³/mol. The largest absolute Gasteiger partial charge is 0.477 e. The number of hydrogen-bond donors (Lipinski definition) is 1. The highest BCUT2D eigenvalue weighted by Gasteiger charge is 2.04. The van der Waals surface area contributed by atoms with Gasteiger partial charge in [0.15, 0.2) is 0 Å². The van der Waals surface area contributed by atoms with Crippen molar-refractivity contribution in [2.75, 3.05) is 0 Å². The number of aryl methyl sites for hydroxylation is 1. The van der Waals surface area contributed by atoms with Gasteiger partial charge in [-0.25, -0.2) is 9.78 Å². The second kappa shape index (κ2) is 5.10. The van der Waals surface area contributed by atoms with Crippen LogP contribution in [0.5, 0.6) is 0 Å². The maximum atomic E-state index is 10.5. The van der Waals surface area contributed by atoms with E-state index in [1.54, 1.807) is 6.20 Å². The van der Waals surface area contributed by atoms with E-state index in [9.17, 15) is 4.79 Å². The Hall–Kier alpha value is -0.900. The highest BCUT2D eigenvalue weighted by molar-refractivity contribution is 9.09. The second-order valence-corrected chi connectivity index (χ2v) is 4.74. The van der Waals surface area contributed by atoms with E-state index in [1.807, 2.05) is 6.07 Å². The van der Waals surface area contributed by atoms with Gasteiger partial charge in [-0.2, -0.15) is 0 Å². The highest BCUT2D eigenvalue weighted by Crippen LogP contribution is 2.09. The van der Waals surface area contributed by atoms with Gasteiger partial charge in [-0.3, -0.25) is 0 Å². The topological polar surface area (TPSA) is 50.2 Å². The Morgan fingerprint density at radius 3 is 2.79 bits per heavy atom. The minimum atomic E-state index is -0.981. The molecule has 0 spiro atoms. The standard InChI is InChI=1S/C10H12BrNO2/c1-7(11)2-3-8-4-5-9(10(13)14)12-6-8/h4-7H,2-3H2,1H3,(H,13,14). The van der Waals surface area contributed by atoms with E-state index < -0.39 is 5.97 Å². The van der Waals surface area contributed by atoms with Crippen molar-refractivity contribution in [2.24, 2.45) is 0 Å². The average molecular weight is 258 g/mol. The van der Waals surface area contributed by atoms with E-state index in [0.29, 0.717) is 4.83 Å². The van der Waals surface area contributed by atoms with E-state index in [-0.39, 0.29) is 5.69 Å². The molecule has 1 N–H and O–H groups in total. The van der Waals surface area contributed by atoms with Crippen LogP contribution in [0.25, 0.3) is 0 Å². The number of pyridine rings is 1. The minimum absolute atomic E-state index is 0.0978. The van der Waals surface area contributed by atoms with Gasteiger partial charge in [-0.1, -0.05) is 28.9 Å². The maximum absolute atomic E-state index is 10.5. The van der Waals surface area contributed by atoms with Gasteiger partial charge in [0, 0.05) is 11.0 Å². The molecule has 0 aliphatic heterocycles. The zero-order valence-electron chi connectivity index (χ0n) is 7.90. The van der Waals surface area contributed by atoms with Gasteiger partial charge in [0.1, 0.15) is 5.69 Å². The molecule has 0 aromatic carbocycles. The van der Waals surface area contributed by atoms with Crippen LogP contribution in [0.1, 0.15) is 29.4 Å². The molecule has 1 rings (SSSR count). The molecule has 1 heterocycles. The molecule has 0 aliphatic rings. The van der Waals surface area contributed by atoms with Crippen molar-refractivity contribution in [2.45, 2.75) is 24.6 Å². The number of aromatic carboxylic acids is 1. The van der Waals surface area contributed by atoms with Gasteiger partial charge in [0.25, 0.3) is 0 Å². The molecule has 1 aromatic heterocycles. The fraction of sp³-hybridized carbons (Fsp3) is 0.400. The van der Waals surface area contributed by atoms with Crippen LogP contribution < -0.4 is 0 Å². The number of carbonyl (C=O) groups is 1. The molecule has 0 aliphatic carbocycles. The number of nitrogens with zero attached hydrogens (tertiary/aromatic N) is 1. The lowest BCUT2D eigenvalue weighted by molar-refractivity contribution is 0.0690. The van der Waals surface area contributed by atoms with Crippen LogP contribution in [-0.2, 0) is 6.42 Å². The summed E-state index contributed by atoms with van der Waals surface area (Å²) in [6, 6.07) is 3.35. The summed E-state index contributed by atoms with van der Waals surface area (Å²) in [6.07, 6.45) is 3.56. The van der Waals surface area contributed by atoms with Crippen molar-refractivity contribution in [1.82, 2.24) is 4.98 Å². The Bertz CT molecular complexity index is 308. The minimum Gasteiger partial charge on any atom is -0.477 e. The zero-order valence-corrected chi connectivity index (χ0v) is 9.49. The molecule has 14 heavy (non-hydrogen) atoms. The van der Waals surface area contributed by atoms with Crippen molar-refractivity contribution in [3.8, 4) is 0 Å². The van der Waals surface area contributed by atoms with Crippen LogP contribution in [0.3, 0.4) is 0 Å². The van der Waals surface area contributed by atoms with E-state index >= 15 is 0 Å². The van der Waals surface area contributed by atoms with Crippen molar-refractivity contribution in [1.29, 1.82) is 0 Å². The number of aromatic nitrogens is 1. The SMILES string of the molecule is CC(Br)CCc1ccc(C(=O)O)nc1. The number of carboxylic acid groups (broad SMARTS) is 1. The lowest BCUT2D eigenvalue weighted by Gasteiger charge is -2.02. The zero-order chi connectivity index (χ0) is 10.6. The molecule has 1 aromatic rings. The Balaban J connectivity index is 2.60. The van der Waals surface area contributed by atoms with Gasteiger partial charge >= 0.3 is 5.97 Å². The van der Waals surface area contributed by atoms with Crippen LogP contribution in [0, 0.1) is 0 Å². The van der Waals surface area contributed by atoms with Crippen molar-refractivity contribution < 1.29 is 9.90 Å². The van der Waals surface area contributed by atoms with Crippen LogP contribution in [0.2, 0.25) is 0 Å². The average Bonchev–Trinajstić information content (AvgIpc) is 2.15. The first-order valence-electron chi connectivity index (χ1n) is 4.42. The Morgan fingerprint density at radius 1 is 1.64 bits per heavy atom. The number of carboxylic acids is 1. The first-order valence-corrected chi connectivity index (χ1v) is 5.33. The van der Waals surface area contributed by atoms with Gasteiger partial charge in [0.05, 0.1) is 0 Å². The van der Waals surface area contributed by atoms with Crippen LogP contribution in [0.15, 0.2) is 18.3 Å². The summed E-state index contributed by atoms with van der Waals surface area (Å²) in [6.45, 7) is 2.08. The van der Waals surface area contributed by atoms with Crippen molar-refractivity contribution in [3.05, 3.63) is 29.6 Å². The fourth-order valence-corrected chi connectivity index (χ4v) is 1.29. The van der Waals surface area contributed by atoms with E-state index in [2.05, 4.69) is 27.8 Å². The normalized spacial score (nSPS) is 12.4. The van der Waals surface area contributed by atoms with E-state index in [4.69, 9.17) is 5.11 Å². The number of halogens is 1. The summed E-state index contributed by atoms with van der Waals surface area (Å²) < 4.78 is 0. The molecule has 0 amide bonds. The molecule has 0 fully saturated rings. The Kier molecular flexibility index (Phi) is 4.07. The quantitative estimate of drug-likeness (QED) is 0.844. The third-order valence-corrected chi connectivity index (χ3v) is 2.33. The third-order valence-electron chi connectivity index (χ3n) is 1.87. The first-order chi connectivity index (χ1) is 6.59. The molecular weight excluding hydrogens is 246 g/mol. The van der Waals surface area contributed by atoms with Gasteiger partial charge in [-0.15, -0.1) is 0 Å². The smallest absolute Gasteiger partial charge is 0.354 e. The van der Waals surface area contributed by atoms with Crippen LogP contribution in [-0.4, -0.2) is 20.9 Å². The third kappa shape index (κ3) is 3.46. The molecule has 0 bridgehead atoms. The monoisotopic (exact) mass is 257 g/mol. The Morgan fingerprint density at radius 2 is 2.36 bits per heavy atom. The summed E-state index contributed by atoms with van der Waals surface area (Å²) in [4.78, 5) is 14.8. The molecule has 4 heteroatoms. The first kappa shape index (κ1) is 11.2. The number of hydrogen-bond acceptors (Lipinski definition) is 2. The highest BCUT2D eigenvalue weighted by atomic mass is 79.9. The molecule has 3 nitrogen and oxygen atoms in total. The molecule has 0 saturated carbocycles. The molecule has 1 atom stereocenters. The van der Waals surface area contributed by atoms with Crippen molar-refractivity contribution in [3.63, 3.8) is 0 Å². The summed E-state index contributed by atoms with van der Waals surface area (Å²) in [5.41, 5.74) is 1.17. The lowest BCUT2D eigenvalue weighted by atomic mass is 10.1. The molecule has 76 valence electrons. The predicted octanol–water partition coefficient (Wildman–Crippen LogP) is 2.50. The van der Waals surface area contributed by atoms with Gasteiger partial charge < -0.3 is 5.11 Å². The fourth-order valence-electron chi connectivity index (χ4n) is 1.06. The summed E-state index contributed by atoms with van der Waals surface area (Å²) in [7, 11) is 0. The van der Waals surface area contributed by atoms with Crippen LogP contribution >= 0.6 is 15.9 Å². The second-order valence-electron chi connectivity index (χ2n) is 3.18. The summed E-state index contributed by atoms with van der Waals surface area (Å²) in [5, 5.41) is 8.62. The Labute approximate surface area is 91.3 Å². The van der Waals surface area contributed by atoms with Crippen molar-refractivity contribution >= 4 is 21.9 Å². The van der Waals surface area contributed by atoms with Gasteiger partial charge in [-0.05, 0) is 24.5 Å². The van der Waals surface area contributed by atoms with Crippen LogP contribution in [0.4, 0.5) is 0 Å². The number of alkyl halides is 1. The van der Waals surface area contributed by atoms with E-state index in [0.717, 1.165) is 18.4 Å². The molecule has 1 unspecified atom stereocenters. The molecular formula is C10H12BrNO2. The number of rotatable bonds is 4.